The summed E-state index contributed by atoms with van der Waals surface area (Å²) in [6.45, 7) is 0.474. The first kappa shape index (κ1) is 9.92. The number of benzene rings is 1. The first-order valence-corrected chi connectivity index (χ1v) is 4.57. The van der Waals surface area contributed by atoms with E-state index in [2.05, 4.69) is 17.9 Å². The molecule has 70 valence electrons. The van der Waals surface area contributed by atoms with Crippen molar-refractivity contribution in [3.8, 4) is 0 Å². The van der Waals surface area contributed by atoms with Gasteiger partial charge in [-0.25, -0.2) is 4.79 Å². The lowest BCUT2D eigenvalue weighted by molar-refractivity contribution is 0.248. The maximum atomic E-state index is 10.4. The molecule has 2 amide bonds. The molecule has 0 saturated heterocycles. The largest absolute Gasteiger partial charge is 0.352 e. The second-order valence-electron chi connectivity index (χ2n) is 2.69. The van der Waals surface area contributed by atoms with Gasteiger partial charge in [-0.05, 0) is 11.1 Å². The summed E-state index contributed by atoms with van der Waals surface area (Å²) in [4.78, 5) is 10.4. The van der Waals surface area contributed by atoms with Gasteiger partial charge in [0.1, 0.15) is 0 Å². The van der Waals surface area contributed by atoms with Crippen LogP contribution in [0.5, 0.6) is 0 Å². The van der Waals surface area contributed by atoms with E-state index in [1.54, 1.807) is 0 Å². The van der Waals surface area contributed by atoms with E-state index in [0.29, 0.717) is 6.54 Å². The number of nitrogens with one attached hydrogen (secondary N) is 1. The summed E-state index contributed by atoms with van der Waals surface area (Å²) in [5.41, 5.74) is 7.12. The van der Waals surface area contributed by atoms with E-state index in [4.69, 9.17) is 5.73 Å². The van der Waals surface area contributed by atoms with Gasteiger partial charge in [0.2, 0.25) is 0 Å². The molecule has 1 rings (SSSR count). The highest BCUT2D eigenvalue weighted by Gasteiger charge is 1.94. The van der Waals surface area contributed by atoms with Crippen molar-refractivity contribution in [1.82, 2.24) is 5.32 Å². The predicted molar refractivity (Wildman–Crippen MR) is 55.6 cm³/mol. The number of carbonyl (C=O) groups is 1. The van der Waals surface area contributed by atoms with Crippen LogP contribution >= 0.6 is 12.6 Å². The smallest absolute Gasteiger partial charge is 0.312 e. The fourth-order valence-corrected chi connectivity index (χ4v) is 1.16. The summed E-state index contributed by atoms with van der Waals surface area (Å²) in [5, 5.41) is 2.52. The summed E-state index contributed by atoms with van der Waals surface area (Å²) < 4.78 is 0. The van der Waals surface area contributed by atoms with E-state index in [-0.39, 0.29) is 0 Å². The Morgan fingerprint density at radius 1 is 1.31 bits per heavy atom. The van der Waals surface area contributed by atoms with E-state index >= 15 is 0 Å². The first-order chi connectivity index (χ1) is 6.22. The lowest BCUT2D eigenvalue weighted by Crippen LogP contribution is -2.28. The molecule has 0 aliphatic carbocycles. The predicted octanol–water partition coefficient (Wildman–Crippen LogP) is 1.28. The zero-order valence-electron chi connectivity index (χ0n) is 7.16. The SMILES string of the molecule is NC(=O)NCc1ccc(CS)cc1. The molecule has 0 spiro atoms. The van der Waals surface area contributed by atoms with E-state index in [1.807, 2.05) is 24.3 Å². The molecule has 13 heavy (non-hydrogen) atoms. The fraction of sp³-hybridized carbons (Fsp3) is 0.222. The van der Waals surface area contributed by atoms with Crippen LogP contribution in [0, 0.1) is 0 Å². The van der Waals surface area contributed by atoms with E-state index in [1.165, 1.54) is 0 Å². The van der Waals surface area contributed by atoms with Crippen molar-refractivity contribution in [2.24, 2.45) is 5.73 Å². The molecule has 0 bridgehead atoms. The van der Waals surface area contributed by atoms with Crippen molar-refractivity contribution in [2.75, 3.05) is 0 Å². The highest BCUT2D eigenvalue weighted by molar-refractivity contribution is 7.79. The summed E-state index contributed by atoms with van der Waals surface area (Å²) in [6.07, 6.45) is 0. The molecular weight excluding hydrogens is 184 g/mol. The van der Waals surface area contributed by atoms with Gasteiger partial charge in [0.05, 0.1) is 0 Å². The number of hydrogen-bond donors (Lipinski definition) is 3. The van der Waals surface area contributed by atoms with Gasteiger partial charge < -0.3 is 11.1 Å². The summed E-state index contributed by atoms with van der Waals surface area (Å²) in [5.74, 6) is 0.726. The number of carbonyl (C=O) groups excluding carboxylic acids is 1. The van der Waals surface area contributed by atoms with Crippen LogP contribution < -0.4 is 11.1 Å². The minimum absolute atomic E-state index is 0.474. The van der Waals surface area contributed by atoms with Crippen molar-refractivity contribution in [3.05, 3.63) is 35.4 Å². The minimum atomic E-state index is -0.502. The molecular formula is C9H12N2OS. The number of amides is 2. The monoisotopic (exact) mass is 196 g/mol. The second kappa shape index (κ2) is 4.77. The Labute approximate surface area is 82.7 Å². The second-order valence-corrected chi connectivity index (χ2v) is 3.01. The lowest BCUT2D eigenvalue weighted by Gasteiger charge is -2.02. The van der Waals surface area contributed by atoms with Gasteiger partial charge in [-0.15, -0.1) is 0 Å². The number of thiol groups is 1. The molecule has 1 aromatic rings. The van der Waals surface area contributed by atoms with Gasteiger partial charge in [0, 0.05) is 12.3 Å². The first-order valence-electron chi connectivity index (χ1n) is 3.94. The van der Waals surface area contributed by atoms with Gasteiger partial charge in [-0.3, -0.25) is 0 Å². The van der Waals surface area contributed by atoms with E-state index in [9.17, 15) is 4.79 Å². The summed E-state index contributed by atoms with van der Waals surface area (Å²) in [7, 11) is 0. The van der Waals surface area contributed by atoms with Gasteiger partial charge in [0.15, 0.2) is 0 Å². The van der Waals surface area contributed by atoms with Crippen LogP contribution in [-0.4, -0.2) is 6.03 Å². The average Bonchev–Trinajstić information content (AvgIpc) is 2.15. The maximum absolute atomic E-state index is 10.4. The van der Waals surface area contributed by atoms with Crippen molar-refractivity contribution < 1.29 is 4.79 Å². The Kier molecular flexibility index (Phi) is 3.64. The summed E-state index contributed by atoms with van der Waals surface area (Å²) >= 11 is 4.14. The number of nitrogens with two attached hydrogens (primary N) is 1. The van der Waals surface area contributed by atoms with E-state index < -0.39 is 6.03 Å². The normalized spacial score (nSPS) is 9.62. The zero-order valence-corrected chi connectivity index (χ0v) is 8.05. The number of hydrogen-bond acceptors (Lipinski definition) is 2. The van der Waals surface area contributed by atoms with Crippen molar-refractivity contribution in [3.63, 3.8) is 0 Å². The Balaban J connectivity index is 2.54. The maximum Gasteiger partial charge on any atom is 0.312 e. The molecule has 3 N–H and O–H groups in total. The average molecular weight is 196 g/mol. The van der Waals surface area contributed by atoms with Crippen molar-refractivity contribution in [2.45, 2.75) is 12.3 Å². The Morgan fingerprint density at radius 3 is 2.31 bits per heavy atom. The molecule has 0 aromatic heterocycles. The third kappa shape index (κ3) is 3.38. The molecule has 0 radical (unpaired) electrons. The Bertz CT molecular complexity index is 284. The van der Waals surface area contributed by atoms with Crippen LogP contribution in [0.4, 0.5) is 4.79 Å². The topological polar surface area (TPSA) is 55.1 Å². The molecule has 0 heterocycles. The Morgan fingerprint density at radius 2 is 1.85 bits per heavy atom. The third-order valence-electron chi connectivity index (χ3n) is 1.67. The molecule has 4 heteroatoms. The van der Waals surface area contributed by atoms with Crippen LogP contribution in [0.25, 0.3) is 0 Å². The highest BCUT2D eigenvalue weighted by atomic mass is 32.1. The number of primary amides is 1. The minimum Gasteiger partial charge on any atom is -0.352 e. The number of rotatable bonds is 3. The lowest BCUT2D eigenvalue weighted by atomic mass is 10.1. The molecule has 0 aliphatic rings. The van der Waals surface area contributed by atoms with Gasteiger partial charge in [0.25, 0.3) is 0 Å². The van der Waals surface area contributed by atoms with Crippen LogP contribution in [-0.2, 0) is 12.3 Å². The quantitative estimate of drug-likeness (QED) is 0.627. The standard InChI is InChI=1S/C9H12N2OS/c10-9(12)11-5-7-1-3-8(6-13)4-2-7/h1-4,13H,5-6H2,(H3,10,11,12). The molecule has 1 aromatic carbocycles. The molecule has 0 aliphatic heterocycles. The van der Waals surface area contributed by atoms with Crippen LogP contribution in [0.1, 0.15) is 11.1 Å². The third-order valence-corrected chi connectivity index (χ3v) is 2.04. The molecule has 0 atom stereocenters. The van der Waals surface area contributed by atoms with Crippen molar-refractivity contribution in [1.29, 1.82) is 0 Å². The molecule has 0 fully saturated rings. The van der Waals surface area contributed by atoms with E-state index in [0.717, 1.165) is 16.9 Å². The van der Waals surface area contributed by atoms with Crippen molar-refractivity contribution >= 4 is 18.7 Å². The molecule has 0 saturated carbocycles. The van der Waals surface area contributed by atoms with Crippen LogP contribution in [0.3, 0.4) is 0 Å². The summed E-state index contributed by atoms with van der Waals surface area (Å²) in [6, 6.07) is 7.34. The molecule has 0 unspecified atom stereocenters. The van der Waals surface area contributed by atoms with Crippen LogP contribution in [0.15, 0.2) is 24.3 Å². The van der Waals surface area contributed by atoms with Crippen LogP contribution in [0.2, 0.25) is 0 Å². The highest BCUT2D eigenvalue weighted by Crippen LogP contribution is 2.05. The Hall–Kier alpha value is -1.16. The van der Waals surface area contributed by atoms with Gasteiger partial charge >= 0.3 is 6.03 Å². The zero-order chi connectivity index (χ0) is 9.68. The fourth-order valence-electron chi connectivity index (χ4n) is 0.952. The number of urea groups is 1. The molecule has 3 nitrogen and oxygen atoms in total. The van der Waals surface area contributed by atoms with Gasteiger partial charge in [-0.2, -0.15) is 12.6 Å². The van der Waals surface area contributed by atoms with Gasteiger partial charge in [-0.1, -0.05) is 24.3 Å².